The topological polar surface area (TPSA) is 83.6 Å². The highest BCUT2D eigenvalue weighted by molar-refractivity contribution is 7.99. The fraction of sp³-hybridized carbons (Fsp3) is 0.333. The van der Waals surface area contributed by atoms with Crippen molar-refractivity contribution in [2.45, 2.75) is 41.4 Å². The molecule has 0 saturated carbocycles. The highest BCUT2D eigenvalue weighted by Crippen LogP contribution is 2.33. The summed E-state index contributed by atoms with van der Waals surface area (Å²) in [5, 5.41) is 1.89. The van der Waals surface area contributed by atoms with E-state index in [1.807, 2.05) is 30.3 Å². The number of carbonyl (C=O) groups excluding carboxylic acids is 2. The Balaban J connectivity index is 1.72. The standard InChI is InChI=1S/C21H24N2O4S2/c1-15(12-21(25)23(2)14-16-6-4-3-5-7-16)29(26,27)17-8-9-19-18(13-17)22-20(24)10-11-28-19/h3-9,13,15H,10-12,14H2,1-2H3,(H,22,24). The SMILES string of the molecule is CC(CC(=O)N(C)Cc1ccccc1)S(=O)(=O)c1ccc2c(c1)NC(=O)CCS2. The van der Waals surface area contributed by atoms with Gasteiger partial charge in [0, 0.05) is 37.1 Å². The maximum Gasteiger partial charge on any atom is 0.225 e. The fourth-order valence-corrected chi connectivity index (χ4v) is 5.37. The predicted octanol–water partition coefficient (Wildman–Crippen LogP) is 3.33. The molecule has 1 N–H and O–H groups in total. The van der Waals surface area contributed by atoms with Gasteiger partial charge in [0.05, 0.1) is 15.8 Å². The highest BCUT2D eigenvalue weighted by atomic mass is 32.2. The van der Waals surface area contributed by atoms with E-state index in [0.29, 0.717) is 24.4 Å². The van der Waals surface area contributed by atoms with Gasteiger partial charge in [-0.3, -0.25) is 9.59 Å². The molecule has 6 nitrogen and oxygen atoms in total. The number of nitrogens with one attached hydrogen (secondary N) is 1. The second-order valence-corrected chi connectivity index (χ2v) is 10.6. The van der Waals surface area contributed by atoms with E-state index >= 15 is 0 Å². The summed E-state index contributed by atoms with van der Waals surface area (Å²) < 4.78 is 26.0. The number of hydrogen-bond donors (Lipinski definition) is 1. The van der Waals surface area contributed by atoms with Gasteiger partial charge >= 0.3 is 0 Å². The van der Waals surface area contributed by atoms with E-state index in [9.17, 15) is 18.0 Å². The maximum atomic E-state index is 13.0. The molecule has 0 bridgehead atoms. The van der Waals surface area contributed by atoms with Crippen molar-refractivity contribution in [2.24, 2.45) is 0 Å². The Labute approximate surface area is 175 Å². The third kappa shape index (κ3) is 5.19. The van der Waals surface area contributed by atoms with Crippen molar-refractivity contribution >= 4 is 39.1 Å². The van der Waals surface area contributed by atoms with Crippen molar-refractivity contribution < 1.29 is 18.0 Å². The summed E-state index contributed by atoms with van der Waals surface area (Å²) in [6.45, 7) is 1.97. The monoisotopic (exact) mass is 432 g/mol. The van der Waals surface area contributed by atoms with E-state index < -0.39 is 15.1 Å². The van der Waals surface area contributed by atoms with Gasteiger partial charge < -0.3 is 10.2 Å². The Morgan fingerprint density at radius 3 is 2.66 bits per heavy atom. The molecular weight excluding hydrogens is 408 g/mol. The van der Waals surface area contributed by atoms with Crippen LogP contribution in [0.25, 0.3) is 0 Å². The molecule has 3 rings (SSSR count). The van der Waals surface area contributed by atoms with E-state index in [4.69, 9.17) is 0 Å². The van der Waals surface area contributed by atoms with Crippen LogP contribution in [0.5, 0.6) is 0 Å². The van der Waals surface area contributed by atoms with Crippen LogP contribution in [0, 0.1) is 0 Å². The number of anilines is 1. The number of hydrogen-bond acceptors (Lipinski definition) is 5. The molecule has 0 fully saturated rings. The molecule has 2 aromatic carbocycles. The molecule has 1 aliphatic heterocycles. The average Bonchev–Trinajstić information content (AvgIpc) is 2.88. The molecule has 2 aromatic rings. The lowest BCUT2D eigenvalue weighted by Gasteiger charge is -2.20. The third-order valence-corrected chi connectivity index (χ3v) is 8.03. The highest BCUT2D eigenvalue weighted by Gasteiger charge is 2.28. The number of rotatable bonds is 6. The van der Waals surface area contributed by atoms with E-state index in [-0.39, 0.29) is 23.1 Å². The smallest absolute Gasteiger partial charge is 0.225 e. The number of nitrogens with zero attached hydrogens (tertiary/aromatic N) is 1. The molecule has 8 heteroatoms. The average molecular weight is 433 g/mol. The molecule has 0 spiro atoms. The second kappa shape index (κ2) is 9.00. The van der Waals surface area contributed by atoms with Crippen LogP contribution in [0.2, 0.25) is 0 Å². The van der Waals surface area contributed by atoms with Crippen molar-refractivity contribution in [1.29, 1.82) is 0 Å². The molecule has 0 saturated heterocycles. The Bertz CT molecular complexity index is 1010. The Morgan fingerprint density at radius 1 is 1.21 bits per heavy atom. The Morgan fingerprint density at radius 2 is 1.93 bits per heavy atom. The number of amides is 2. The van der Waals surface area contributed by atoms with Gasteiger partial charge in [0.1, 0.15) is 0 Å². The van der Waals surface area contributed by atoms with Crippen molar-refractivity contribution in [3.05, 3.63) is 54.1 Å². The molecule has 2 amide bonds. The molecule has 1 unspecified atom stereocenters. The normalized spacial score (nSPS) is 15.0. The Hall–Kier alpha value is -2.32. The number of benzene rings is 2. The van der Waals surface area contributed by atoms with Crippen LogP contribution >= 0.6 is 11.8 Å². The number of thioether (sulfide) groups is 1. The predicted molar refractivity (Wildman–Crippen MR) is 115 cm³/mol. The number of fused-ring (bicyclic) bond motifs is 1. The van der Waals surface area contributed by atoms with Gasteiger partial charge in [-0.25, -0.2) is 8.42 Å². The molecule has 29 heavy (non-hydrogen) atoms. The molecule has 1 atom stereocenters. The van der Waals surface area contributed by atoms with Gasteiger partial charge in [0.25, 0.3) is 0 Å². The van der Waals surface area contributed by atoms with Crippen LogP contribution < -0.4 is 5.32 Å². The lowest BCUT2D eigenvalue weighted by Crippen LogP contribution is -2.31. The molecule has 0 radical (unpaired) electrons. The second-order valence-electron chi connectivity index (χ2n) is 7.10. The molecule has 1 aliphatic rings. The van der Waals surface area contributed by atoms with Crippen molar-refractivity contribution in [3.8, 4) is 0 Å². The summed E-state index contributed by atoms with van der Waals surface area (Å²) in [5.74, 6) is 0.295. The molecule has 0 aliphatic carbocycles. The molecule has 154 valence electrons. The Kier molecular flexibility index (Phi) is 6.64. The van der Waals surface area contributed by atoms with Crippen LogP contribution in [-0.4, -0.2) is 43.2 Å². The summed E-state index contributed by atoms with van der Waals surface area (Å²) in [7, 11) is -2.04. The van der Waals surface area contributed by atoms with Crippen LogP contribution in [0.15, 0.2) is 58.3 Å². The van der Waals surface area contributed by atoms with Gasteiger partial charge in [0.2, 0.25) is 11.8 Å². The largest absolute Gasteiger partial charge is 0.341 e. The maximum absolute atomic E-state index is 13.0. The fourth-order valence-electron chi connectivity index (χ4n) is 3.07. The van der Waals surface area contributed by atoms with E-state index in [2.05, 4.69) is 5.32 Å². The van der Waals surface area contributed by atoms with Crippen LogP contribution in [-0.2, 0) is 26.0 Å². The van der Waals surface area contributed by atoms with Crippen molar-refractivity contribution in [1.82, 2.24) is 4.90 Å². The van der Waals surface area contributed by atoms with Crippen molar-refractivity contribution in [3.63, 3.8) is 0 Å². The summed E-state index contributed by atoms with van der Waals surface area (Å²) in [6.07, 6.45) is 0.282. The van der Waals surface area contributed by atoms with E-state index in [0.717, 1.165) is 10.5 Å². The van der Waals surface area contributed by atoms with Crippen LogP contribution in [0.1, 0.15) is 25.3 Å². The summed E-state index contributed by atoms with van der Waals surface area (Å²) in [4.78, 5) is 26.8. The first-order chi connectivity index (χ1) is 13.8. The van der Waals surface area contributed by atoms with Gasteiger partial charge in [-0.2, -0.15) is 0 Å². The van der Waals surface area contributed by atoms with Crippen molar-refractivity contribution in [2.75, 3.05) is 18.1 Å². The molecule has 0 aromatic heterocycles. The molecule has 1 heterocycles. The first-order valence-electron chi connectivity index (χ1n) is 9.36. The molecular formula is C21H24N2O4S2. The summed E-state index contributed by atoms with van der Waals surface area (Å²) in [5.41, 5.74) is 1.50. The minimum atomic E-state index is -3.71. The van der Waals surface area contributed by atoms with Gasteiger partial charge in [-0.05, 0) is 30.7 Å². The van der Waals surface area contributed by atoms with E-state index in [1.54, 1.807) is 26.1 Å². The first kappa shape index (κ1) is 21.4. The van der Waals surface area contributed by atoms with E-state index in [1.165, 1.54) is 22.7 Å². The zero-order chi connectivity index (χ0) is 21.0. The first-order valence-corrected chi connectivity index (χ1v) is 11.9. The van der Waals surface area contributed by atoms with Crippen LogP contribution in [0.4, 0.5) is 5.69 Å². The van der Waals surface area contributed by atoms with Gasteiger partial charge in [-0.15, -0.1) is 11.8 Å². The summed E-state index contributed by atoms with van der Waals surface area (Å²) >= 11 is 1.52. The minimum absolute atomic E-state index is 0.107. The number of sulfone groups is 1. The third-order valence-electron chi connectivity index (χ3n) is 4.82. The summed E-state index contributed by atoms with van der Waals surface area (Å²) in [6, 6.07) is 14.3. The zero-order valence-corrected chi connectivity index (χ0v) is 18.1. The van der Waals surface area contributed by atoms with Gasteiger partial charge in [0.15, 0.2) is 9.84 Å². The van der Waals surface area contributed by atoms with Crippen LogP contribution in [0.3, 0.4) is 0 Å². The zero-order valence-electron chi connectivity index (χ0n) is 16.4. The number of carbonyl (C=O) groups is 2. The lowest BCUT2D eigenvalue weighted by molar-refractivity contribution is -0.130. The van der Waals surface area contributed by atoms with Gasteiger partial charge in [-0.1, -0.05) is 30.3 Å². The lowest BCUT2D eigenvalue weighted by atomic mass is 10.2. The minimum Gasteiger partial charge on any atom is -0.341 e. The quantitative estimate of drug-likeness (QED) is 0.757.